The third-order valence-corrected chi connectivity index (χ3v) is 2.44. The number of hydrogen-bond acceptors (Lipinski definition) is 4. The first-order valence-electron chi connectivity index (χ1n) is 6.20. The second kappa shape index (κ2) is 6.43. The second-order valence-electron chi connectivity index (χ2n) is 5.18. The molecule has 0 aromatic heterocycles. The summed E-state index contributed by atoms with van der Waals surface area (Å²) in [6.07, 6.45) is -0.492. The van der Waals surface area contributed by atoms with Gasteiger partial charge in [-0.3, -0.25) is 0 Å². The van der Waals surface area contributed by atoms with E-state index in [1.165, 1.54) is 0 Å². The van der Waals surface area contributed by atoms with Crippen LogP contribution >= 0.6 is 0 Å². The Morgan fingerprint density at radius 2 is 2.00 bits per heavy atom. The summed E-state index contributed by atoms with van der Waals surface area (Å²) in [6, 6.07) is 7.09. The Morgan fingerprint density at radius 1 is 1.37 bits per heavy atom. The van der Waals surface area contributed by atoms with Gasteiger partial charge in [0.1, 0.15) is 11.4 Å². The molecule has 0 spiro atoms. The zero-order valence-corrected chi connectivity index (χ0v) is 11.9. The van der Waals surface area contributed by atoms with E-state index in [4.69, 9.17) is 15.2 Å². The Hall–Kier alpha value is -1.75. The molecule has 0 aliphatic carbocycles. The number of amides is 1. The maximum Gasteiger partial charge on any atom is 0.408 e. The predicted octanol–water partition coefficient (Wildman–Crippen LogP) is 2.22. The van der Waals surface area contributed by atoms with Crippen LogP contribution in [-0.2, 0) is 4.74 Å². The number of benzene rings is 1. The Labute approximate surface area is 114 Å². The second-order valence-corrected chi connectivity index (χ2v) is 5.18. The Kier molecular flexibility index (Phi) is 5.18. The van der Waals surface area contributed by atoms with Gasteiger partial charge in [-0.1, -0.05) is 18.2 Å². The molecule has 0 unspecified atom stereocenters. The fraction of sp³-hybridized carbons (Fsp3) is 0.500. The molecule has 106 valence electrons. The molecule has 5 nitrogen and oxygen atoms in total. The lowest BCUT2D eigenvalue weighted by Gasteiger charge is -2.24. The van der Waals surface area contributed by atoms with Gasteiger partial charge in [-0.25, -0.2) is 4.79 Å². The van der Waals surface area contributed by atoms with E-state index in [1.807, 2.05) is 45.0 Å². The topological polar surface area (TPSA) is 73.6 Å². The van der Waals surface area contributed by atoms with E-state index in [0.717, 1.165) is 5.56 Å². The number of nitrogens with two attached hydrogens (primary N) is 1. The molecule has 19 heavy (non-hydrogen) atoms. The summed E-state index contributed by atoms with van der Waals surface area (Å²) >= 11 is 0. The predicted molar refractivity (Wildman–Crippen MR) is 74.2 cm³/mol. The molecular formula is C14H22N2O3. The molecule has 1 aromatic carbocycles. The van der Waals surface area contributed by atoms with E-state index in [0.29, 0.717) is 5.75 Å². The molecular weight excluding hydrogens is 244 g/mol. The van der Waals surface area contributed by atoms with Crippen molar-refractivity contribution >= 4 is 6.09 Å². The van der Waals surface area contributed by atoms with Crippen molar-refractivity contribution in [1.82, 2.24) is 5.32 Å². The summed E-state index contributed by atoms with van der Waals surface area (Å²) in [4.78, 5) is 11.8. The highest BCUT2D eigenvalue weighted by Crippen LogP contribution is 2.24. The molecule has 1 rings (SSSR count). The van der Waals surface area contributed by atoms with Crippen molar-refractivity contribution in [1.29, 1.82) is 0 Å². The van der Waals surface area contributed by atoms with Crippen molar-refractivity contribution in [2.45, 2.75) is 32.4 Å². The molecule has 1 aromatic rings. The van der Waals surface area contributed by atoms with Crippen LogP contribution in [-0.4, -0.2) is 25.3 Å². The number of ether oxygens (including phenoxy) is 2. The zero-order chi connectivity index (χ0) is 14.5. The average Bonchev–Trinajstić information content (AvgIpc) is 2.33. The number of nitrogens with one attached hydrogen (secondary N) is 1. The minimum absolute atomic E-state index is 0.264. The molecule has 0 saturated carbocycles. The van der Waals surface area contributed by atoms with Crippen molar-refractivity contribution in [3.8, 4) is 5.75 Å². The SMILES string of the molecule is COc1ccccc1[C@@H](CN)NC(=O)OC(C)(C)C. The monoisotopic (exact) mass is 266 g/mol. The largest absolute Gasteiger partial charge is 0.496 e. The van der Waals surface area contributed by atoms with Gasteiger partial charge in [-0.05, 0) is 26.8 Å². The minimum atomic E-state index is -0.538. The molecule has 1 atom stereocenters. The van der Waals surface area contributed by atoms with Crippen LogP contribution in [0.15, 0.2) is 24.3 Å². The third kappa shape index (κ3) is 4.79. The van der Waals surface area contributed by atoms with Gasteiger partial charge in [-0.2, -0.15) is 0 Å². The first kappa shape index (κ1) is 15.3. The number of para-hydroxylation sites is 1. The van der Waals surface area contributed by atoms with Gasteiger partial charge in [-0.15, -0.1) is 0 Å². The lowest BCUT2D eigenvalue weighted by atomic mass is 10.1. The van der Waals surface area contributed by atoms with Crippen LogP contribution in [0.4, 0.5) is 4.79 Å². The highest BCUT2D eigenvalue weighted by molar-refractivity contribution is 5.68. The summed E-state index contributed by atoms with van der Waals surface area (Å²) in [7, 11) is 1.58. The van der Waals surface area contributed by atoms with Crippen LogP contribution in [0.25, 0.3) is 0 Å². The van der Waals surface area contributed by atoms with Crippen LogP contribution in [0.2, 0.25) is 0 Å². The van der Waals surface area contributed by atoms with Gasteiger partial charge in [0.15, 0.2) is 0 Å². The molecule has 0 aliphatic rings. The zero-order valence-electron chi connectivity index (χ0n) is 11.9. The van der Waals surface area contributed by atoms with Gasteiger partial charge in [0.05, 0.1) is 13.2 Å². The summed E-state index contributed by atoms with van der Waals surface area (Å²) in [6.45, 7) is 5.70. The Balaban J connectivity index is 2.81. The van der Waals surface area contributed by atoms with Gasteiger partial charge in [0.25, 0.3) is 0 Å². The van der Waals surface area contributed by atoms with Gasteiger partial charge < -0.3 is 20.5 Å². The van der Waals surface area contributed by atoms with Crippen molar-refractivity contribution in [3.63, 3.8) is 0 Å². The van der Waals surface area contributed by atoms with E-state index in [1.54, 1.807) is 7.11 Å². The molecule has 0 bridgehead atoms. The van der Waals surface area contributed by atoms with Crippen molar-refractivity contribution in [3.05, 3.63) is 29.8 Å². The lowest BCUT2D eigenvalue weighted by molar-refractivity contribution is 0.0505. The molecule has 0 fully saturated rings. The normalized spacial score (nSPS) is 12.7. The van der Waals surface area contributed by atoms with Crippen molar-refractivity contribution in [2.24, 2.45) is 5.73 Å². The van der Waals surface area contributed by atoms with E-state index in [2.05, 4.69) is 5.32 Å². The lowest BCUT2D eigenvalue weighted by Crippen LogP contribution is -2.37. The molecule has 1 amide bonds. The van der Waals surface area contributed by atoms with Gasteiger partial charge in [0.2, 0.25) is 0 Å². The Morgan fingerprint density at radius 3 is 2.53 bits per heavy atom. The highest BCUT2D eigenvalue weighted by atomic mass is 16.6. The number of methoxy groups -OCH3 is 1. The summed E-state index contributed by atoms with van der Waals surface area (Å²) in [5.74, 6) is 0.689. The molecule has 5 heteroatoms. The average molecular weight is 266 g/mol. The molecule has 0 heterocycles. The van der Waals surface area contributed by atoms with Crippen LogP contribution in [0.5, 0.6) is 5.75 Å². The fourth-order valence-corrected chi connectivity index (χ4v) is 1.67. The van der Waals surface area contributed by atoms with Crippen molar-refractivity contribution in [2.75, 3.05) is 13.7 Å². The maximum absolute atomic E-state index is 11.8. The standard InChI is InChI=1S/C14H22N2O3/c1-14(2,3)19-13(17)16-11(9-15)10-7-5-6-8-12(10)18-4/h5-8,11H,9,15H2,1-4H3,(H,16,17)/t11-/m1/s1. The summed E-state index contributed by atoms with van der Waals surface area (Å²) < 4.78 is 10.5. The number of alkyl carbamates (subject to hydrolysis) is 1. The van der Waals surface area contributed by atoms with E-state index >= 15 is 0 Å². The number of hydrogen-bond donors (Lipinski definition) is 2. The van der Waals surface area contributed by atoms with Crippen molar-refractivity contribution < 1.29 is 14.3 Å². The van der Waals surface area contributed by atoms with E-state index in [9.17, 15) is 4.79 Å². The fourth-order valence-electron chi connectivity index (χ4n) is 1.67. The van der Waals surface area contributed by atoms with E-state index < -0.39 is 11.7 Å². The summed E-state index contributed by atoms with van der Waals surface area (Å²) in [5, 5.41) is 2.75. The molecule has 3 N–H and O–H groups in total. The van der Waals surface area contributed by atoms with E-state index in [-0.39, 0.29) is 12.6 Å². The molecule has 0 radical (unpaired) electrons. The van der Waals surface area contributed by atoms with Crippen LogP contribution in [0.1, 0.15) is 32.4 Å². The third-order valence-electron chi connectivity index (χ3n) is 2.44. The number of rotatable bonds is 4. The first-order valence-corrected chi connectivity index (χ1v) is 6.20. The Bertz CT molecular complexity index is 427. The highest BCUT2D eigenvalue weighted by Gasteiger charge is 2.21. The van der Waals surface area contributed by atoms with Crippen LogP contribution in [0, 0.1) is 0 Å². The summed E-state index contributed by atoms with van der Waals surface area (Å²) in [5.41, 5.74) is 6.01. The minimum Gasteiger partial charge on any atom is -0.496 e. The quantitative estimate of drug-likeness (QED) is 0.876. The maximum atomic E-state index is 11.8. The number of carbonyl (C=O) groups excluding carboxylic acids is 1. The number of carbonyl (C=O) groups is 1. The van der Waals surface area contributed by atoms with Crippen LogP contribution in [0.3, 0.4) is 0 Å². The van der Waals surface area contributed by atoms with Crippen LogP contribution < -0.4 is 15.8 Å². The van der Waals surface area contributed by atoms with Gasteiger partial charge in [0, 0.05) is 12.1 Å². The first-order chi connectivity index (χ1) is 8.87. The smallest absolute Gasteiger partial charge is 0.408 e. The molecule has 0 aliphatic heterocycles. The van der Waals surface area contributed by atoms with Gasteiger partial charge >= 0.3 is 6.09 Å². The molecule has 0 saturated heterocycles.